The van der Waals surface area contributed by atoms with E-state index in [0.29, 0.717) is 5.69 Å². The summed E-state index contributed by atoms with van der Waals surface area (Å²) in [4.78, 5) is 22.2. The van der Waals surface area contributed by atoms with E-state index in [1.165, 1.54) is 12.1 Å². The van der Waals surface area contributed by atoms with Crippen LogP contribution in [-0.4, -0.2) is 36.3 Å². The summed E-state index contributed by atoms with van der Waals surface area (Å²) in [5.41, 5.74) is 0.507. The van der Waals surface area contributed by atoms with Gasteiger partial charge < -0.3 is 19.9 Å². The smallest absolute Gasteiger partial charge is 0.341 e. The summed E-state index contributed by atoms with van der Waals surface area (Å²) in [6.07, 6.45) is 4.50. The van der Waals surface area contributed by atoms with E-state index >= 15 is 0 Å². The lowest BCUT2D eigenvalue weighted by atomic mass is 10.3. The summed E-state index contributed by atoms with van der Waals surface area (Å²) in [6, 6.07) is 4.61. The third-order valence-electron chi connectivity index (χ3n) is 3.32. The second kappa shape index (κ2) is 8.00. The van der Waals surface area contributed by atoms with Crippen LogP contribution in [0.15, 0.2) is 18.2 Å². The Labute approximate surface area is 133 Å². The topological polar surface area (TPSA) is 84.9 Å². The van der Waals surface area contributed by atoms with Crippen molar-refractivity contribution in [2.45, 2.75) is 31.8 Å². The minimum absolute atomic E-state index is 0.0134. The van der Waals surface area contributed by atoms with Gasteiger partial charge in [-0.25, -0.2) is 4.79 Å². The van der Waals surface area contributed by atoms with Crippen LogP contribution in [0.2, 0.25) is 5.02 Å². The summed E-state index contributed by atoms with van der Waals surface area (Å²) in [6.45, 7) is -0.458. The van der Waals surface area contributed by atoms with Crippen molar-refractivity contribution in [1.82, 2.24) is 0 Å². The Hall–Kier alpha value is -1.79. The molecule has 0 aromatic heterocycles. The van der Waals surface area contributed by atoms with Crippen LogP contribution in [0.3, 0.4) is 0 Å². The van der Waals surface area contributed by atoms with Crippen LogP contribution >= 0.6 is 11.6 Å². The maximum Gasteiger partial charge on any atom is 0.341 e. The third kappa shape index (κ3) is 5.20. The molecular weight excluding hydrogens is 310 g/mol. The van der Waals surface area contributed by atoms with Gasteiger partial charge in [0.15, 0.2) is 6.61 Å². The number of carboxylic acid groups (broad SMARTS) is 1. The summed E-state index contributed by atoms with van der Waals surface area (Å²) in [7, 11) is 0. The number of rotatable bonds is 7. The number of amides is 1. The summed E-state index contributed by atoms with van der Waals surface area (Å²) < 4.78 is 10.5. The number of carbonyl (C=O) groups excluding carboxylic acids is 1. The zero-order chi connectivity index (χ0) is 15.9. The van der Waals surface area contributed by atoms with Gasteiger partial charge in [-0.3, -0.25) is 4.79 Å². The zero-order valence-corrected chi connectivity index (χ0v) is 12.8. The molecule has 1 saturated carbocycles. The monoisotopic (exact) mass is 327 g/mol. The molecular formula is C15H18ClNO5. The Morgan fingerprint density at radius 3 is 2.64 bits per heavy atom. The van der Waals surface area contributed by atoms with Gasteiger partial charge in [0, 0.05) is 5.69 Å². The molecule has 7 heteroatoms. The van der Waals surface area contributed by atoms with Crippen LogP contribution in [0.4, 0.5) is 5.69 Å². The predicted molar refractivity (Wildman–Crippen MR) is 81.4 cm³/mol. The first-order chi connectivity index (χ1) is 10.5. The molecule has 0 aliphatic heterocycles. The van der Waals surface area contributed by atoms with Crippen LogP contribution in [0.1, 0.15) is 25.7 Å². The number of hydrogen-bond acceptors (Lipinski definition) is 4. The Kier molecular flexibility index (Phi) is 6.03. The number of halogens is 1. The van der Waals surface area contributed by atoms with E-state index in [-0.39, 0.29) is 29.4 Å². The van der Waals surface area contributed by atoms with Crippen LogP contribution in [0.25, 0.3) is 0 Å². The molecule has 6 nitrogen and oxygen atoms in total. The minimum Gasteiger partial charge on any atom is -0.480 e. The zero-order valence-electron chi connectivity index (χ0n) is 12.0. The number of ether oxygens (including phenoxy) is 2. The Bertz CT molecular complexity index is 543. The molecule has 0 heterocycles. The average Bonchev–Trinajstić information content (AvgIpc) is 2.97. The molecule has 22 heavy (non-hydrogen) atoms. The van der Waals surface area contributed by atoms with Crippen molar-refractivity contribution in [3.63, 3.8) is 0 Å². The number of anilines is 1. The summed E-state index contributed by atoms with van der Waals surface area (Å²) in [5.74, 6) is -1.08. The van der Waals surface area contributed by atoms with Crippen molar-refractivity contribution in [3.05, 3.63) is 23.2 Å². The largest absolute Gasteiger partial charge is 0.480 e. The highest BCUT2D eigenvalue weighted by atomic mass is 35.5. The van der Waals surface area contributed by atoms with E-state index in [1.807, 2.05) is 0 Å². The second-order valence-corrected chi connectivity index (χ2v) is 5.50. The molecule has 1 aromatic rings. The molecule has 0 bridgehead atoms. The molecule has 0 atom stereocenters. The fraction of sp³-hybridized carbons (Fsp3) is 0.467. The molecule has 0 spiro atoms. The van der Waals surface area contributed by atoms with Gasteiger partial charge >= 0.3 is 5.97 Å². The number of carbonyl (C=O) groups is 2. The fourth-order valence-electron chi connectivity index (χ4n) is 2.28. The van der Waals surface area contributed by atoms with E-state index in [1.54, 1.807) is 6.07 Å². The van der Waals surface area contributed by atoms with Gasteiger partial charge in [-0.15, -0.1) is 0 Å². The number of carboxylic acids is 1. The predicted octanol–water partition coefficient (Wildman–Crippen LogP) is 2.70. The van der Waals surface area contributed by atoms with Gasteiger partial charge in [-0.2, -0.15) is 0 Å². The van der Waals surface area contributed by atoms with Crippen LogP contribution in [-0.2, 0) is 14.3 Å². The van der Waals surface area contributed by atoms with Crippen LogP contribution in [0, 0.1) is 0 Å². The molecule has 1 fully saturated rings. The molecule has 1 aromatic carbocycles. The molecule has 0 radical (unpaired) electrons. The van der Waals surface area contributed by atoms with Gasteiger partial charge in [0.2, 0.25) is 5.91 Å². The van der Waals surface area contributed by atoms with Crippen molar-refractivity contribution < 1.29 is 24.2 Å². The SMILES string of the molecule is O=C(O)COc1ccc(NC(=O)COC2CCCC2)cc1Cl. The van der Waals surface area contributed by atoms with E-state index < -0.39 is 12.6 Å². The lowest BCUT2D eigenvalue weighted by Gasteiger charge is -2.12. The Morgan fingerprint density at radius 2 is 2.00 bits per heavy atom. The molecule has 1 aliphatic rings. The van der Waals surface area contributed by atoms with Gasteiger partial charge in [-0.05, 0) is 31.0 Å². The van der Waals surface area contributed by atoms with Crippen molar-refractivity contribution in [1.29, 1.82) is 0 Å². The van der Waals surface area contributed by atoms with Crippen LogP contribution < -0.4 is 10.1 Å². The normalized spacial score (nSPS) is 14.8. The maximum absolute atomic E-state index is 11.8. The number of benzene rings is 1. The molecule has 1 amide bonds. The molecule has 2 N–H and O–H groups in total. The highest BCUT2D eigenvalue weighted by Gasteiger charge is 2.16. The lowest BCUT2D eigenvalue weighted by molar-refractivity contribution is -0.139. The van der Waals surface area contributed by atoms with E-state index in [4.69, 9.17) is 26.2 Å². The molecule has 0 unspecified atom stereocenters. The standard InChI is InChI=1S/C15H18ClNO5/c16-12-7-10(5-6-13(12)22-9-15(19)20)17-14(18)8-21-11-3-1-2-4-11/h5-7,11H,1-4,8-9H2,(H,17,18)(H,19,20). The van der Waals surface area contributed by atoms with Crippen molar-refractivity contribution >= 4 is 29.2 Å². The quantitative estimate of drug-likeness (QED) is 0.804. The van der Waals surface area contributed by atoms with Gasteiger partial charge in [0.05, 0.1) is 11.1 Å². The fourth-order valence-corrected chi connectivity index (χ4v) is 2.52. The lowest BCUT2D eigenvalue weighted by Crippen LogP contribution is -2.21. The first-order valence-electron chi connectivity index (χ1n) is 7.10. The van der Waals surface area contributed by atoms with Crippen LogP contribution in [0.5, 0.6) is 5.75 Å². The molecule has 2 rings (SSSR count). The number of nitrogens with one attached hydrogen (secondary N) is 1. The average molecular weight is 328 g/mol. The molecule has 1 aliphatic carbocycles. The number of hydrogen-bond donors (Lipinski definition) is 2. The van der Waals surface area contributed by atoms with Crippen molar-refractivity contribution in [3.8, 4) is 5.75 Å². The maximum atomic E-state index is 11.8. The number of aliphatic carboxylic acids is 1. The Balaban J connectivity index is 1.82. The molecule has 0 saturated heterocycles. The van der Waals surface area contributed by atoms with E-state index in [2.05, 4.69) is 5.32 Å². The first kappa shape index (κ1) is 16.6. The summed E-state index contributed by atoms with van der Waals surface area (Å²) in [5, 5.41) is 11.5. The minimum atomic E-state index is -1.09. The summed E-state index contributed by atoms with van der Waals surface area (Å²) >= 11 is 5.98. The van der Waals surface area contributed by atoms with Crippen molar-refractivity contribution in [2.75, 3.05) is 18.5 Å². The highest BCUT2D eigenvalue weighted by molar-refractivity contribution is 6.32. The Morgan fingerprint density at radius 1 is 1.27 bits per heavy atom. The van der Waals surface area contributed by atoms with Gasteiger partial charge in [0.25, 0.3) is 0 Å². The van der Waals surface area contributed by atoms with E-state index in [0.717, 1.165) is 25.7 Å². The third-order valence-corrected chi connectivity index (χ3v) is 3.61. The van der Waals surface area contributed by atoms with Crippen molar-refractivity contribution in [2.24, 2.45) is 0 Å². The molecule has 120 valence electrons. The highest BCUT2D eigenvalue weighted by Crippen LogP contribution is 2.27. The van der Waals surface area contributed by atoms with Gasteiger partial charge in [0.1, 0.15) is 12.4 Å². The second-order valence-electron chi connectivity index (χ2n) is 5.09. The first-order valence-corrected chi connectivity index (χ1v) is 7.48. The van der Waals surface area contributed by atoms with E-state index in [9.17, 15) is 9.59 Å². The van der Waals surface area contributed by atoms with Gasteiger partial charge in [-0.1, -0.05) is 24.4 Å².